The van der Waals surface area contributed by atoms with Crippen LogP contribution in [0.4, 0.5) is 5.69 Å². The van der Waals surface area contributed by atoms with E-state index in [0.717, 1.165) is 16.7 Å². The zero-order valence-electron chi connectivity index (χ0n) is 23.7. The zero-order valence-corrected chi connectivity index (χ0v) is 23.7. The predicted molar refractivity (Wildman–Crippen MR) is 158 cm³/mol. The molecule has 0 spiro atoms. The predicted octanol–water partition coefficient (Wildman–Crippen LogP) is 6.25. The second-order valence-electron chi connectivity index (χ2n) is 10.2. The number of carbonyl (C=O) groups is 1. The first-order valence-corrected chi connectivity index (χ1v) is 14.1. The molecule has 1 saturated heterocycles. The van der Waals surface area contributed by atoms with Gasteiger partial charge in [-0.25, -0.2) is 4.79 Å². The Morgan fingerprint density at radius 2 is 1.12 bits per heavy atom. The maximum Gasteiger partial charge on any atom is 0.340 e. The van der Waals surface area contributed by atoms with E-state index in [0.29, 0.717) is 6.61 Å². The molecule has 0 radical (unpaired) electrons. The van der Waals surface area contributed by atoms with Crippen LogP contribution < -0.4 is 0 Å². The lowest BCUT2D eigenvalue weighted by Crippen LogP contribution is -2.60. The van der Waals surface area contributed by atoms with Crippen LogP contribution in [0.5, 0.6) is 0 Å². The summed E-state index contributed by atoms with van der Waals surface area (Å²) in [7, 11) is 0. The van der Waals surface area contributed by atoms with E-state index in [2.05, 4.69) is 0 Å². The van der Waals surface area contributed by atoms with Gasteiger partial charge in [0, 0.05) is 12.1 Å². The number of benzene rings is 4. The Balaban J connectivity index is 1.41. The molecule has 1 aliphatic rings. The Labute approximate surface area is 250 Å². The topological polar surface area (TPSA) is 106 Å². The van der Waals surface area contributed by atoms with Gasteiger partial charge in [0.1, 0.15) is 18.3 Å². The van der Waals surface area contributed by atoms with E-state index >= 15 is 0 Å². The van der Waals surface area contributed by atoms with Crippen molar-refractivity contribution in [2.75, 3.05) is 0 Å². The number of non-ortho nitro benzene ring substituents is 1. The lowest BCUT2D eigenvalue weighted by Gasteiger charge is -2.44. The molecule has 0 unspecified atom stereocenters. The van der Waals surface area contributed by atoms with Crippen LogP contribution in [0.1, 0.15) is 34.0 Å². The van der Waals surface area contributed by atoms with E-state index in [9.17, 15) is 14.9 Å². The summed E-state index contributed by atoms with van der Waals surface area (Å²) in [6.45, 7) is 2.65. The summed E-state index contributed by atoms with van der Waals surface area (Å²) in [6.07, 6.45) is -3.76. The van der Waals surface area contributed by atoms with Crippen LogP contribution in [-0.2, 0) is 43.5 Å². The van der Waals surface area contributed by atoms with E-state index in [4.69, 9.17) is 23.7 Å². The Bertz CT molecular complexity index is 1450. The number of rotatable bonds is 12. The molecule has 9 heteroatoms. The third kappa shape index (κ3) is 8.12. The second-order valence-corrected chi connectivity index (χ2v) is 10.2. The van der Waals surface area contributed by atoms with Crippen LogP contribution in [0.2, 0.25) is 0 Å². The molecule has 0 aliphatic carbocycles. The molecule has 9 nitrogen and oxygen atoms in total. The molecule has 0 saturated carbocycles. The van der Waals surface area contributed by atoms with Crippen molar-refractivity contribution in [3.8, 4) is 0 Å². The van der Waals surface area contributed by atoms with Gasteiger partial charge in [0.05, 0.1) is 36.4 Å². The summed E-state index contributed by atoms with van der Waals surface area (Å²) >= 11 is 0. The smallest absolute Gasteiger partial charge is 0.340 e. The Hall–Kier alpha value is -4.41. The van der Waals surface area contributed by atoms with Crippen LogP contribution >= 0.6 is 0 Å². The molecule has 1 heterocycles. The fourth-order valence-corrected chi connectivity index (χ4v) is 4.86. The highest BCUT2D eigenvalue weighted by molar-refractivity contribution is 5.89. The van der Waals surface area contributed by atoms with Crippen LogP contribution in [0.3, 0.4) is 0 Å². The molecule has 4 aromatic rings. The minimum atomic E-state index is -1.14. The lowest BCUT2D eigenvalue weighted by molar-refractivity contribution is -0.384. The third-order valence-electron chi connectivity index (χ3n) is 7.12. The number of hydrogen-bond donors (Lipinski definition) is 0. The summed E-state index contributed by atoms with van der Waals surface area (Å²) in [5.74, 6) is -0.703. The number of nitrogens with zero attached hydrogens (tertiary/aromatic N) is 1. The highest BCUT2D eigenvalue weighted by Crippen LogP contribution is 2.31. The number of ether oxygens (including phenoxy) is 5. The van der Waals surface area contributed by atoms with E-state index < -0.39 is 41.6 Å². The summed E-state index contributed by atoms with van der Waals surface area (Å²) in [5, 5.41) is 11.1. The first kappa shape index (κ1) is 30.1. The van der Waals surface area contributed by atoms with Gasteiger partial charge in [-0.05, 0) is 35.7 Å². The van der Waals surface area contributed by atoms with Gasteiger partial charge in [-0.15, -0.1) is 0 Å². The molecule has 4 aromatic carbocycles. The Morgan fingerprint density at radius 3 is 1.58 bits per heavy atom. The summed E-state index contributed by atoms with van der Waals surface area (Å²) in [6, 6.07) is 34.4. The average molecular weight is 584 g/mol. The van der Waals surface area contributed by atoms with E-state index in [1.807, 2.05) is 97.9 Å². The van der Waals surface area contributed by atoms with Crippen LogP contribution in [0.25, 0.3) is 0 Å². The summed E-state index contributed by atoms with van der Waals surface area (Å²) < 4.78 is 31.4. The standard InChI is InChI=1S/C34H33NO8/c1-24-30(39-21-25-11-5-2-6-12-25)31(40-22-26-13-7-3-8-14-26)32(41-23-27-15-9-4-10-16-27)34(42-24)43-33(36)28-17-19-29(20-18-28)35(37)38/h2-20,24,30-32,34H,21-23H2,1H3/t24-,30+,31+,32-,34-/m0/s1. The number of esters is 1. The number of nitro benzene ring substituents is 1. The van der Waals surface area contributed by atoms with Gasteiger partial charge >= 0.3 is 5.97 Å². The maximum absolute atomic E-state index is 13.2. The van der Waals surface area contributed by atoms with Gasteiger partial charge in [0.2, 0.25) is 6.29 Å². The zero-order chi connectivity index (χ0) is 30.0. The van der Waals surface area contributed by atoms with Crippen LogP contribution in [0.15, 0.2) is 115 Å². The Morgan fingerprint density at radius 1 is 0.674 bits per heavy atom. The molecule has 1 aliphatic heterocycles. The number of carbonyl (C=O) groups excluding carboxylic acids is 1. The van der Waals surface area contributed by atoms with Gasteiger partial charge in [-0.3, -0.25) is 10.1 Å². The van der Waals surface area contributed by atoms with Crippen molar-refractivity contribution < 1.29 is 33.4 Å². The first-order valence-electron chi connectivity index (χ1n) is 14.1. The van der Waals surface area contributed by atoms with Crippen molar-refractivity contribution in [3.05, 3.63) is 148 Å². The first-order chi connectivity index (χ1) is 21.0. The van der Waals surface area contributed by atoms with Crippen molar-refractivity contribution in [1.29, 1.82) is 0 Å². The van der Waals surface area contributed by atoms with Crippen molar-refractivity contribution in [2.45, 2.75) is 57.5 Å². The van der Waals surface area contributed by atoms with E-state index in [-0.39, 0.29) is 24.5 Å². The van der Waals surface area contributed by atoms with Gasteiger partial charge < -0.3 is 23.7 Å². The fourth-order valence-electron chi connectivity index (χ4n) is 4.86. The van der Waals surface area contributed by atoms with Gasteiger partial charge in [0.25, 0.3) is 5.69 Å². The van der Waals surface area contributed by atoms with Crippen molar-refractivity contribution in [3.63, 3.8) is 0 Å². The average Bonchev–Trinajstić information content (AvgIpc) is 3.04. The van der Waals surface area contributed by atoms with Crippen LogP contribution in [0, 0.1) is 10.1 Å². The molecule has 5 atom stereocenters. The van der Waals surface area contributed by atoms with Crippen molar-refractivity contribution in [1.82, 2.24) is 0 Å². The molecule has 0 N–H and O–H groups in total. The number of nitro groups is 1. The Kier molecular flexibility index (Phi) is 10.2. The molecule has 1 fully saturated rings. The summed E-state index contributed by atoms with van der Waals surface area (Å²) in [4.78, 5) is 23.7. The molecule has 0 bridgehead atoms. The SMILES string of the molecule is C[C@@H]1O[C@@H](OC(=O)c2ccc([N+](=O)[O-])cc2)[C@@H](OCc2ccccc2)[C@H](OCc2ccccc2)[C@@H]1OCc1ccccc1. The number of hydrogen-bond acceptors (Lipinski definition) is 8. The molecule has 43 heavy (non-hydrogen) atoms. The molecular formula is C34H33NO8. The van der Waals surface area contributed by atoms with Gasteiger partial charge in [-0.2, -0.15) is 0 Å². The molecular weight excluding hydrogens is 550 g/mol. The van der Waals surface area contributed by atoms with Gasteiger partial charge in [0.15, 0.2) is 0 Å². The highest BCUT2D eigenvalue weighted by atomic mass is 16.7. The second kappa shape index (κ2) is 14.7. The minimum absolute atomic E-state index is 0.129. The molecule has 0 aromatic heterocycles. The van der Waals surface area contributed by atoms with Crippen molar-refractivity contribution >= 4 is 11.7 Å². The summed E-state index contributed by atoms with van der Waals surface area (Å²) in [5.41, 5.74) is 2.89. The largest absolute Gasteiger partial charge is 0.429 e. The van der Waals surface area contributed by atoms with Gasteiger partial charge in [-0.1, -0.05) is 91.0 Å². The quantitative estimate of drug-likeness (QED) is 0.109. The molecule has 222 valence electrons. The fraction of sp³-hybridized carbons (Fsp3) is 0.265. The van der Waals surface area contributed by atoms with Crippen molar-refractivity contribution in [2.24, 2.45) is 0 Å². The monoisotopic (exact) mass is 583 g/mol. The third-order valence-corrected chi connectivity index (χ3v) is 7.12. The van der Waals surface area contributed by atoms with E-state index in [1.165, 1.54) is 24.3 Å². The maximum atomic E-state index is 13.2. The van der Waals surface area contributed by atoms with E-state index in [1.54, 1.807) is 0 Å². The van der Waals surface area contributed by atoms with Crippen LogP contribution in [-0.4, -0.2) is 41.6 Å². The minimum Gasteiger partial charge on any atom is -0.429 e. The molecule has 5 rings (SSSR count). The lowest BCUT2D eigenvalue weighted by atomic mass is 9.98. The molecule has 0 amide bonds. The normalized spacial score (nSPS) is 21.7. The highest BCUT2D eigenvalue weighted by Gasteiger charge is 2.48.